The number of nitrogens with zero attached hydrogens (tertiary/aromatic N) is 2. The van der Waals surface area contributed by atoms with E-state index in [9.17, 15) is 17.5 Å². The van der Waals surface area contributed by atoms with E-state index in [0.29, 0.717) is 17.2 Å². The van der Waals surface area contributed by atoms with Crippen LogP contribution in [0.3, 0.4) is 0 Å². The summed E-state index contributed by atoms with van der Waals surface area (Å²) in [6.07, 6.45) is 1.48. The maximum Gasteiger partial charge on any atom is 0.229 e. The molecule has 0 amide bonds. The third kappa shape index (κ3) is 4.34. The van der Waals surface area contributed by atoms with Gasteiger partial charge in [-0.2, -0.15) is 4.98 Å². The standard InChI is InChI=1S/C16H12F2N4O2S/c17-13-6-3-11(9-14(13)18)20-15-7-8-19-16(22-15)21-10-1-4-12(5-2-10)25(23)24/h1-9H,(H,23,24)(H2,19,20,21,22)/p-1. The number of anilines is 4. The summed E-state index contributed by atoms with van der Waals surface area (Å²) < 4.78 is 47.8. The van der Waals surface area contributed by atoms with Gasteiger partial charge in [0.15, 0.2) is 11.6 Å². The second-order valence-electron chi connectivity index (χ2n) is 4.90. The molecule has 0 aliphatic carbocycles. The molecule has 0 bridgehead atoms. The monoisotopic (exact) mass is 361 g/mol. The highest BCUT2D eigenvalue weighted by atomic mass is 32.2. The minimum absolute atomic E-state index is 0.167. The van der Waals surface area contributed by atoms with Crippen LogP contribution in [0.25, 0.3) is 0 Å². The molecule has 0 aliphatic heterocycles. The van der Waals surface area contributed by atoms with Crippen LogP contribution in [0.4, 0.5) is 31.9 Å². The molecule has 3 rings (SSSR count). The SMILES string of the molecule is O=S([O-])c1ccc(Nc2nccc(Nc3ccc(F)c(F)c3)n2)cc1. The lowest BCUT2D eigenvalue weighted by Crippen LogP contribution is -2.01. The summed E-state index contributed by atoms with van der Waals surface area (Å²) >= 11 is -2.29. The fraction of sp³-hybridized carbons (Fsp3) is 0. The van der Waals surface area contributed by atoms with Crippen LogP contribution in [-0.4, -0.2) is 18.7 Å². The Morgan fingerprint density at radius 3 is 2.32 bits per heavy atom. The molecule has 2 N–H and O–H groups in total. The maximum absolute atomic E-state index is 13.2. The largest absolute Gasteiger partial charge is 0.768 e. The third-order valence-corrected chi connectivity index (χ3v) is 3.81. The minimum atomic E-state index is -2.29. The van der Waals surface area contributed by atoms with E-state index in [4.69, 9.17) is 0 Å². The van der Waals surface area contributed by atoms with Gasteiger partial charge in [-0.25, -0.2) is 13.8 Å². The van der Waals surface area contributed by atoms with Crippen LogP contribution in [-0.2, 0) is 11.1 Å². The summed E-state index contributed by atoms with van der Waals surface area (Å²) in [6, 6.07) is 11.0. The molecule has 1 unspecified atom stereocenters. The number of hydrogen-bond acceptors (Lipinski definition) is 6. The first-order chi connectivity index (χ1) is 12.0. The van der Waals surface area contributed by atoms with Gasteiger partial charge in [0.25, 0.3) is 0 Å². The molecule has 6 nitrogen and oxygen atoms in total. The molecule has 25 heavy (non-hydrogen) atoms. The van der Waals surface area contributed by atoms with Crippen molar-refractivity contribution in [2.24, 2.45) is 0 Å². The lowest BCUT2D eigenvalue weighted by molar-refractivity contribution is 0.509. The highest BCUT2D eigenvalue weighted by Gasteiger charge is 2.05. The number of benzene rings is 2. The molecular weight excluding hydrogens is 350 g/mol. The highest BCUT2D eigenvalue weighted by Crippen LogP contribution is 2.20. The zero-order chi connectivity index (χ0) is 17.8. The first-order valence-corrected chi connectivity index (χ1v) is 8.10. The van der Waals surface area contributed by atoms with Crippen LogP contribution in [0.1, 0.15) is 0 Å². The van der Waals surface area contributed by atoms with E-state index in [2.05, 4.69) is 20.6 Å². The molecule has 128 valence electrons. The van der Waals surface area contributed by atoms with E-state index in [1.807, 2.05) is 0 Å². The van der Waals surface area contributed by atoms with Gasteiger partial charge >= 0.3 is 0 Å². The smallest absolute Gasteiger partial charge is 0.229 e. The van der Waals surface area contributed by atoms with Crippen molar-refractivity contribution in [1.82, 2.24) is 9.97 Å². The van der Waals surface area contributed by atoms with Crippen molar-refractivity contribution in [3.63, 3.8) is 0 Å². The topological polar surface area (TPSA) is 90.0 Å². The van der Waals surface area contributed by atoms with Crippen molar-refractivity contribution in [3.8, 4) is 0 Å². The van der Waals surface area contributed by atoms with Gasteiger partial charge in [-0.1, -0.05) is 0 Å². The van der Waals surface area contributed by atoms with E-state index in [1.165, 1.54) is 24.4 Å². The lowest BCUT2D eigenvalue weighted by Gasteiger charge is -2.10. The van der Waals surface area contributed by atoms with Crippen molar-refractivity contribution in [2.75, 3.05) is 10.6 Å². The predicted octanol–water partition coefficient (Wildman–Crippen LogP) is 3.48. The summed E-state index contributed by atoms with van der Waals surface area (Å²) in [5, 5.41) is 5.76. The van der Waals surface area contributed by atoms with E-state index in [-0.39, 0.29) is 10.8 Å². The Balaban J connectivity index is 1.74. The zero-order valence-corrected chi connectivity index (χ0v) is 13.4. The van der Waals surface area contributed by atoms with Crippen LogP contribution in [0.5, 0.6) is 0 Å². The summed E-state index contributed by atoms with van der Waals surface area (Å²) in [4.78, 5) is 8.42. The van der Waals surface area contributed by atoms with Crippen molar-refractivity contribution in [1.29, 1.82) is 0 Å². The summed E-state index contributed by atoms with van der Waals surface area (Å²) in [5.41, 5.74) is 0.935. The van der Waals surface area contributed by atoms with Gasteiger partial charge < -0.3 is 15.2 Å². The highest BCUT2D eigenvalue weighted by molar-refractivity contribution is 7.79. The third-order valence-electron chi connectivity index (χ3n) is 3.15. The van der Waals surface area contributed by atoms with Crippen LogP contribution in [0.2, 0.25) is 0 Å². The summed E-state index contributed by atoms with van der Waals surface area (Å²) in [6.45, 7) is 0. The maximum atomic E-state index is 13.2. The van der Waals surface area contributed by atoms with Crippen molar-refractivity contribution >= 4 is 34.2 Å². The van der Waals surface area contributed by atoms with Crippen LogP contribution in [0, 0.1) is 11.6 Å². The zero-order valence-electron chi connectivity index (χ0n) is 12.6. The average molecular weight is 361 g/mol. The molecule has 9 heteroatoms. The van der Waals surface area contributed by atoms with Crippen LogP contribution in [0.15, 0.2) is 59.6 Å². The molecular formula is C16H11F2N4O2S-. The van der Waals surface area contributed by atoms with Crippen molar-refractivity contribution in [3.05, 3.63) is 66.4 Å². The molecule has 3 aromatic rings. The van der Waals surface area contributed by atoms with E-state index >= 15 is 0 Å². The van der Waals surface area contributed by atoms with Crippen LogP contribution < -0.4 is 10.6 Å². The van der Waals surface area contributed by atoms with Gasteiger partial charge in [0.2, 0.25) is 5.95 Å². The fourth-order valence-corrected chi connectivity index (χ4v) is 2.35. The Bertz CT molecular complexity index is 922. The van der Waals surface area contributed by atoms with E-state index in [0.717, 1.165) is 12.1 Å². The Labute approximate surface area is 144 Å². The number of hydrogen-bond donors (Lipinski definition) is 2. The van der Waals surface area contributed by atoms with Gasteiger partial charge in [-0.3, -0.25) is 4.21 Å². The normalized spacial score (nSPS) is 11.8. The number of halogens is 2. The molecule has 2 aromatic carbocycles. The number of nitrogens with one attached hydrogen (secondary N) is 2. The Morgan fingerprint density at radius 1 is 0.920 bits per heavy atom. The fourth-order valence-electron chi connectivity index (χ4n) is 1.99. The average Bonchev–Trinajstić information content (AvgIpc) is 2.59. The molecule has 0 fully saturated rings. The van der Waals surface area contributed by atoms with E-state index < -0.39 is 22.7 Å². The molecule has 0 aliphatic rings. The van der Waals surface area contributed by atoms with Gasteiger partial charge in [0, 0.05) is 28.5 Å². The minimum Gasteiger partial charge on any atom is -0.768 e. The Hall–Kier alpha value is -2.91. The summed E-state index contributed by atoms with van der Waals surface area (Å²) in [5.74, 6) is -1.27. The molecule has 0 radical (unpaired) electrons. The van der Waals surface area contributed by atoms with Gasteiger partial charge in [-0.05, 0) is 53.5 Å². The Morgan fingerprint density at radius 2 is 1.64 bits per heavy atom. The molecule has 0 saturated heterocycles. The Kier molecular flexibility index (Phi) is 4.96. The predicted molar refractivity (Wildman–Crippen MR) is 88.6 cm³/mol. The van der Waals surface area contributed by atoms with E-state index in [1.54, 1.807) is 18.2 Å². The lowest BCUT2D eigenvalue weighted by atomic mass is 10.3. The van der Waals surface area contributed by atoms with Gasteiger partial charge in [-0.15, -0.1) is 0 Å². The van der Waals surface area contributed by atoms with Gasteiger partial charge in [0.1, 0.15) is 5.82 Å². The first-order valence-electron chi connectivity index (χ1n) is 7.03. The first kappa shape index (κ1) is 16.9. The van der Waals surface area contributed by atoms with Gasteiger partial charge in [0.05, 0.1) is 0 Å². The molecule has 0 spiro atoms. The second kappa shape index (κ2) is 7.32. The molecule has 0 saturated carbocycles. The van der Waals surface area contributed by atoms with Crippen molar-refractivity contribution < 1.29 is 17.5 Å². The van der Waals surface area contributed by atoms with Crippen LogP contribution >= 0.6 is 0 Å². The molecule has 1 atom stereocenters. The molecule has 1 heterocycles. The molecule has 1 aromatic heterocycles. The number of aromatic nitrogens is 2. The van der Waals surface area contributed by atoms with Crippen molar-refractivity contribution in [2.45, 2.75) is 4.90 Å². The quantitative estimate of drug-likeness (QED) is 0.676. The number of rotatable bonds is 5. The second-order valence-corrected chi connectivity index (χ2v) is 5.84. The summed E-state index contributed by atoms with van der Waals surface area (Å²) in [7, 11) is 0.